The van der Waals surface area contributed by atoms with E-state index in [1.54, 1.807) is 13.0 Å². The maximum Gasteiger partial charge on any atom is 0.191 e. The van der Waals surface area contributed by atoms with E-state index >= 15 is 0 Å². The number of aromatic nitrogens is 2. The van der Waals surface area contributed by atoms with Crippen LogP contribution in [0, 0.1) is 20.8 Å². The van der Waals surface area contributed by atoms with Gasteiger partial charge in [0, 0.05) is 25.3 Å². The van der Waals surface area contributed by atoms with Gasteiger partial charge in [0.25, 0.3) is 0 Å². The highest BCUT2D eigenvalue weighted by molar-refractivity contribution is 5.79. The van der Waals surface area contributed by atoms with Crippen LogP contribution < -0.4 is 10.6 Å². The van der Waals surface area contributed by atoms with Gasteiger partial charge in [-0.25, -0.2) is 4.99 Å². The molecular weight excluding hydrogens is 330 g/mol. The van der Waals surface area contributed by atoms with E-state index in [0.29, 0.717) is 11.7 Å². The van der Waals surface area contributed by atoms with Crippen molar-refractivity contribution in [2.45, 2.75) is 53.2 Å². The van der Waals surface area contributed by atoms with Gasteiger partial charge in [-0.2, -0.15) is 5.10 Å². The molecule has 0 saturated carbocycles. The van der Waals surface area contributed by atoms with Gasteiger partial charge in [0.15, 0.2) is 5.96 Å². The fraction of sp³-hybridized carbons (Fsp3) is 0.579. The third-order valence-corrected chi connectivity index (χ3v) is 4.10. The van der Waals surface area contributed by atoms with Gasteiger partial charge in [-0.1, -0.05) is 0 Å². The molecule has 0 aliphatic rings. The summed E-state index contributed by atoms with van der Waals surface area (Å²) in [5, 5.41) is 21.6. The van der Waals surface area contributed by atoms with Gasteiger partial charge in [-0.3, -0.25) is 4.68 Å². The topological polar surface area (TPSA) is 87.6 Å². The summed E-state index contributed by atoms with van der Waals surface area (Å²) in [5.41, 5.74) is 1.08. The molecule has 0 bridgehead atoms. The van der Waals surface area contributed by atoms with Crippen LogP contribution in [0.15, 0.2) is 27.6 Å². The molecule has 2 rings (SSSR count). The van der Waals surface area contributed by atoms with Gasteiger partial charge >= 0.3 is 0 Å². The van der Waals surface area contributed by atoms with E-state index in [9.17, 15) is 5.11 Å². The maximum atomic E-state index is 10.6. The lowest BCUT2D eigenvalue weighted by Gasteiger charge is -2.19. The number of aryl methyl sites for hydroxylation is 4. The summed E-state index contributed by atoms with van der Waals surface area (Å²) in [5.74, 6) is 1.99. The molecule has 144 valence electrons. The Kier molecular flexibility index (Phi) is 6.85. The van der Waals surface area contributed by atoms with Gasteiger partial charge in [-0.15, -0.1) is 0 Å². The Labute approximate surface area is 155 Å². The molecule has 0 aromatic carbocycles. The van der Waals surface area contributed by atoms with Crippen LogP contribution >= 0.6 is 0 Å². The lowest BCUT2D eigenvalue weighted by molar-refractivity contribution is 0.0428. The SMILES string of the molecule is CCNC(=NCC(C)(O)c1ccc(C)o1)NCCCn1nc(C)cc1C. The van der Waals surface area contributed by atoms with Crippen molar-refractivity contribution >= 4 is 5.96 Å². The molecule has 0 aliphatic carbocycles. The highest BCUT2D eigenvalue weighted by atomic mass is 16.4. The summed E-state index contributed by atoms with van der Waals surface area (Å²) in [6, 6.07) is 5.72. The number of furan rings is 1. The van der Waals surface area contributed by atoms with E-state index < -0.39 is 5.60 Å². The summed E-state index contributed by atoms with van der Waals surface area (Å²) in [6.07, 6.45) is 0.931. The number of nitrogens with zero attached hydrogens (tertiary/aromatic N) is 3. The van der Waals surface area contributed by atoms with Gasteiger partial charge in [-0.05, 0) is 59.2 Å². The lowest BCUT2D eigenvalue weighted by atomic mass is 10.0. The van der Waals surface area contributed by atoms with Crippen LogP contribution in [0.1, 0.15) is 43.2 Å². The first-order chi connectivity index (χ1) is 12.3. The van der Waals surface area contributed by atoms with Gasteiger partial charge in [0.2, 0.25) is 0 Å². The van der Waals surface area contributed by atoms with Crippen LogP contribution in [0.2, 0.25) is 0 Å². The number of aliphatic hydroxyl groups is 1. The molecule has 7 heteroatoms. The Balaban J connectivity index is 1.86. The molecule has 2 aromatic heterocycles. The molecule has 0 radical (unpaired) electrons. The minimum Gasteiger partial charge on any atom is -0.463 e. The standard InChI is InChI=1S/C19H31N5O2/c1-6-20-18(21-10-7-11-24-15(3)12-14(2)23-24)22-13-19(5,25)17-9-8-16(4)26-17/h8-9,12,25H,6-7,10-11,13H2,1-5H3,(H2,20,21,22). The van der Waals surface area contributed by atoms with Crippen LogP contribution in [0.25, 0.3) is 0 Å². The van der Waals surface area contributed by atoms with E-state index in [4.69, 9.17) is 4.42 Å². The first kappa shape index (κ1) is 20.0. The smallest absolute Gasteiger partial charge is 0.191 e. The van der Waals surface area contributed by atoms with Gasteiger partial charge in [0.1, 0.15) is 17.1 Å². The maximum absolute atomic E-state index is 10.6. The molecule has 0 amide bonds. The Morgan fingerprint density at radius 3 is 2.65 bits per heavy atom. The summed E-state index contributed by atoms with van der Waals surface area (Å²) in [7, 11) is 0. The Hall–Kier alpha value is -2.28. The quantitative estimate of drug-likeness (QED) is 0.381. The molecule has 1 unspecified atom stereocenters. The predicted molar refractivity (Wildman–Crippen MR) is 103 cm³/mol. The zero-order valence-electron chi connectivity index (χ0n) is 16.5. The monoisotopic (exact) mass is 361 g/mol. The molecule has 1 atom stereocenters. The number of hydrogen-bond donors (Lipinski definition) is 3. The third-order valence-electron chi connectivity index (χ3n) is 4.10. The fourth-order valence-electron chi connectivity index (χ4n) is 2.71. The molecule has 2 heterocycles. The molecule has 3 N–H and O–H groups in total. The largest absolute Gasteiger partial charge is 0.463 e. The van der Waals surface area contributed by atoms with Crippen molar-refractivity contribution in [1.29, 1.82) is 0 Å². The second-order valence-corrected chi connectivity index (χ2v) is 6.81. The van der Waals surface area contributed by atoms with Crippen molar-refractivity contribution in [3.05, 3.63) is 41.1 Å². The van der Waals surface area contributed by atoms with Gasteiger partial charge in [0.05, 0.1) is 12.2 Å². The molecular formula is C19H31N5O2. The lowest BCUT2D eigenvalue weighted by Crippen LogP contribution is -2.39. The first-order valence-electron chi connectivity index (χ1n) is 9.14. The summed E-state index contributed by atoms with van der Waals surface area (Å²) in [4.78, 5) is 4.50. The van der Waals surface area contributed by atoms with Crippen LogP contribution in [-0.2, 0) is 12.1 Å². The first-order valence-corrected chi connectivity index (χ1v) is 9.14. The highest BCUT2D eigenvalue weighted by Gasteiger charge is 2.26. The van der Waals surface area contributed by atoms with Crippen LogP contribution in [0.3, 0.4) is 0 Å². The van der Waals surface area contributed by atoms with E-state index in [-0.39, 0.29) is 6.54 Å². The Morgan fingerprint density at radius 1 is 1.31 bits per heavy atom. The number of aliphatic imine (C=N–C) groups is 1. The average molecular weight is 361 g/mol. The minimum absolute atomic E-state index is 0.215. The second kappa shape index (κ2) is 8.89. The van der Waals surface area contributed by atoms with Crippen molar-refractivity contribution in [3.8, 4) is 0 Å². The second-order valence-electron chi connectivity index (χ2n) is 6.81. The average Bonchev–Trinajstić information content (AvgIpc) is 3.15. The normalized spacial score (nSPS) is 14.3. The summed E-state index contributed by atoms with van der Waals surface area (Å²) >= 11 is 0. The van der Waals surface area contributed by atoms with E-state index in [1.165, 1.54) is 5.69 Å². The molecule has 26 heavy (non-hydrogen) atoms. The van der Waals surface area contributed by atoms with E-state index in [1.807, 2.05) is 31.5 Å². The number of nitrogens with one attached hydrogen (secondary N) is 2. The Bertz CT molecular complexity index is 730. The van der Waals surface area contributed by atoms with Crippen molar-refractivity contribution in [3.63, 3.8) is 0 Å². The fourth-order valence-corrected chi connectivity index (χ4v) is 2.71. The minimum atomic E-state index is -1.14. The molecule has 0 saturated heterocycles. The van der Waals surface area contributed by atoms with E-state index in [2.05, 4.69) is 33.7 Å². The molecule has 0 fully saturated rings. The van der Waals surface area contributed by atoms with Crippen molar-refractivity contribution in [1.82, 2.24) is 20.4 Å². The van der Waals surface area contributed by atoms with Crippen molar-refractivity contribution < 1.29 is 9.52 Å². The van der Waals surface area contributed by atoms with Gasteiger partial charge < -0.3 is 20.2 Å². The third kappa shape index (κ3) is 5.62. The van der Waals surface area contributed by atoms with Crippen LogP contribution in [0.5, 0.6) is 0 Å². The predicted octanol–water partition coefficient (Wildman–Crippen LogP) is 2.25. The molecule has 0 spiro atoms. The molecule has 2 aromatic rings. The van der Waals surface area contributed by atoms with Crippen LogP contribution in [-0.4, -0.2) is 40.5 Å². The summed E-state index contributed by atoms with van der Waals surface area (Å²) in [6.45, 7) is 12.3. The zero-order valence-corrected chi connectivity index (χ0v) is 16.5. The van der Waals surface area contributed by atoms with Crippen molar-refractivity contribution in [2.75, 3.05) is 19.6 Å². The molecule has 7 nitrogen and oxygen atoms in total. The van der Waals surface area contributed by atoms with E-state index in [0.717, 1.165) is 37.5 Å². The number of guanidine groups is 1. The Morgan fingerprint density at radius 2 is 2.08 bits per heavy atom. The molecule has 0 aliphatic heterocycles. The van der Waals surface area contributed by atoms with Crippen molar-refractivity contribution in [2.24, 2.45) is 4.99 Å². The summed E-state index contributed by atoms with van der Waals surface area (Å²) < 4.78 is 7.55. The highest BCUT2D eigenvalue weighted by Crippen LogP contribution is 2.22. The zero-order chi connectivity index (χ0) is 19.2. The number of rotatable bonds is 8. The number of hydrogen-bond acceptors (Lipinski definition) is 4. The van der Waals surface area contributed by atoms with Crippen LogP contribution in [0.4, 0.5) is 0 Å².